The lowest BCUT2D eigenvalue weighted by Crippen LogP contribution is -2.38. The fourth-order valence-electron chi connectivity index (χ4n) is 4.37. The Morgan fingerprint density at radius 1 is 1.18 bits per heavy atom. The molecule has 1 aromatic heterocycles. The van der Waals surface area contributed by atoms with Gasteiger partial charge in [-0.15, -0.1) is 0 Å². The highest BCUT2D eigenvalue weighted by Gasteiger charge is 2.44. The van der Waals surface area contributed by atoms with E-state index >= 15 is 0 Å². The fraction of sp³-hybridized carbons (Fsp3) is 0.308. The number of rotatable bonds is 9. The topological polar surface area (TPSA) is 83.2 Å². The zero-order valence-electron chi connectivity index (χ0n) is 19.4. The number of hydrogen-bond donors (Lipinski definition) is 1. The van der Waals surface area contributed by atoms with E-state index in [2.05, 4.69) is 4.90 Å². The van der Waals surface area contributed by atoms with Gasteiger partial charge in [0, 0.05) is 23.5 Å². The maximum absolute atomic E-state index is 13.7. The maximum Gasteiger partial charge on any atom is 0.290 e. The first-order valence-electron chi connectivity index (χ1n) is 11.2. The van der Waals surface area contributed by atoms with Crippen LogP contribution in [0, 0.1) is 0 Å². The number of benzene rings is 2. The summed E-state index contributed by atoms with van der Waals surface area (Å²) >= 11 is 6.24. The van der Waals surface area contributed by atoms with Gasteiger partial charge in [-0.25, -0.2) is 0 Å². The molecule has 8 heteroatoms. The predicted molar refractivity (Wildman–Crippen MR) is 130 cm³/mol. The van der Waals surface area contributed by atoms with Gasteiger partial charge in [0.2, 0.25) is 5.78 Å². The van der Waals surface area contributed by atoms with E-state index < -0.39 is 23.5 Å². The molecule has 34 heavy (non-hydrogen) atoms. The molecule has 1 amide bonds. The highest BCUT2D eigenvalue weighted by molar-refractivity contribution is 6.30. The molecule has 1 N–H and O–H groups in total. The first-order chi connectivity index (χ1) is 16.4. The van der Waals surface area contributed by atoms with Crippen LogP contribution in [0.3, 0.4) is 0 Å². The molecule has 0 saturated carbocycles. The molecule has 178 valence electrons. The number of Topliss-reactive ketones (excluding diaryl/α,β-unsaturated/α-hetero) is 1. The van der Waals surface area contributed by atoms with Gasteiger partial charge in [-0.05, 0) is 42.9 Å². The number of halogens is 1. The normalized spacial score (nSPS) is 16.2. The second-order valence-electron chi connectivity index (χ2n) is 8.06. The van der Waals surface area contributed by atoms with Gasteiger partial charge in [0.25, 0.3) is 5.91 Å². The first-order valence-corrected chi connectivity index (χ1v) is 11.6. The molecule has 0 spiro atoms. The van der Waals surface area contributed by atoms with E-state index in [4.69, 9.17) is 20.8 Å². The van der Waals surface area contributed by atoms with Crippen LogP contribution in [0.1, 0.15) is 36.0 Å². The monoisotopic (exact) mass is 482 g/mol. The van der Waals surface area contributed by atoms with Crippen molar-refractivity contribution in [1.82, 2.24) is 9.80 Å². The molecule has 3 aromatic rings. The quantitative estimate of drug-likeness (QED) is 0.431. The smallest absolute Gasteiger partial charge is 0.290 e. The van der Waals surface area contributed by atoms with E-state index in [1.807, 2.05) is 13.8 Å². The van der Waals surface area contributed by atoms with Gasteiger partial charge in [-0.1, -0.05) is 49.7 Å². The van der Waals surface area contributed by atoms with Crippen LogP contribution in [0.2, 0.25) is 5.02 Å². The minimum Gasteiger partial charge on any atom is -0.503 e. The van der Waals surface area contributed by atoms with Gasteiger partial charge in [0.1, 0.15) is 0 Å². The summed E-state index contributed by atoms with van der Waals surface area (Å²) in [7, 11) is 1.52. The first kappa shape index (κ1) is 23.9. The van der Waals surface area contributed by atoms with Crippen molar-refractivity contribution >= 4 is 34.3 Å². The molecule has 2 aromatic carbocycles. The Morgan fingerprint density at radius 2 is 1.91 bits per heavy atom. The molecule has 0 aliphatic carbocycles. The molecule has 0 unspecified atom stereocenters. The van der Waals surface area contributed by atoms with Crippen LogP contribution in [0.4, 0.5) is 0 Å². The molecule has 4 rings (SSSR count). The molecule has 7 nitrogen and oxygen atoms in total. The summed E-state index contributed by atoms with van der Waals surface area (Å²) in [6, 6.07) is 13.1. The highest BCUT2D eigenvalue weighted by atomic mass is 35.5. The van der Waals surface area contributed by atoms with Gasteiger partial charge < -0.3 is 24.1 Å². The third kappa shape index (κ3) is 4.29. The van der Waals surface area contributed by atoms with Crippen LogP contribution in [0.5, 0.6) is 5.75 Å². The van der Waals surface area contributed by atoms with Crippen molar-refractivity contribution in [2.45, 2.75) is 19.9 Å². The second kappa shape index (κ2) is 9.91. The number of ketones is 1. The zero-order valence-corrected chi connectivity index (χ0v) is 20.1. The molecule has 0 bridgehead atoms. The van der Waals surface area contributed by atoms with Gasteiger partial charge in [-0.3, -0.25) is 9.59 Å². The van der Waals surface area contributed by atoms with Crippen molar-refractivity contribution in [2.24, 2.45) is 0 Å². The molecule has 1 atom stereocenters. The Hall–Kier alpha value is -3.29. The number of likely N-dealkylation sites (N-methyl/N-ethyl adjacent to an activating group) is 1. The summed E-state index contributed by atoms with van der Waals surface area (Å²) in [6.07, 6.45) is 0. The van der Waals surface area contributed by atoms with Crippen LogP contribution in [0.25, 0.3) is 11.0 Å². The summed E-state index contributed by atoms with van der Waals surface area (Å²) < 4.78 is 11.2. The Morgan fingerprint density at radius 3 is 2.59 bits per heavy atom. The number of amides is 1. The van der Waals surface area contributed by atoms with Gasteiger partial charge in [0.15, 0.2) is 22.9 Å². The number of aliphatic hydroxyl groups is 1. The van der Waals surface area contributed by atoms with E-state index in [-0.39, 0.29) is 11.3 Å². The maximum atomic E-state index is 13.7. The molecular formula is C26H27ClN2O5. The van der Waals surface area contributed by atoms with Crippen molar-refractivity contribution in [3.8, 4) is 5.75 Å². The SMILES string of the molecule is CCN(CC)CCN1C(=O)C(O)=C(C(=O)c2cc3cccc(OC)c3o2)[C@@H]1c1cccc(Cl)c1. The van der Waals surface area contributed by atoms with Crippen molar-refractivity contribution in [2.75, 3.05) is 33.3 Å². The number of hydrogen-bond acceptors (Lipinski definition) is 6. The number of methoxy groups -OCH3 is 1. The number of para-hydroxylation sites is 1. The second-order valence-corrected chi connectivity index (χ2v) is 8.50. The summed E-state index contributed by atoms with van der Waals surface area (Å²) in [6.45, 7) is 6.69. The van der Waals surface area contributed by atoms with Crippen LogP contribution < -0.4 is 4.74 Å². The Labute approximate surface area is 203 Å². The van der Waals surface area contributed by atoms with Crippen molar-refractivity contribution in [1.29, 1.82) is 0 Å². The third-order valence-corrected chi connectivity index (χ3v) is 6.45. The molecule has 2 heterocycles. The average molecular weight is 483 g/mol. The zero-order chi connectivity index (χ0) is 24.4. The molecule has 1 aliphatic rings. The van der Waals surface area contributed by atoms with Gasteiger partial charge in [0.05, 0.1) is 18.7 Å². The minimum atomic E-state index is -0.788. The lowest BCUT2D eigenvalue weighted by molar-refractivity contribution is -0.129. The highest BCUT2D eigenvalue weighted by Crippen LogP contribution is 2.40. The van der Waals surface area contributed by atoms with E-state index in [1.165, 1.54) is 12.0 Å². The lowest BCUT2D eigenvalue weighted by atomic mass is 9.95. The lowest BCUT2D eigenvalue weighted by Gasteiger charge is -2.29. The fourth-order valence-corrected chi connectivity index (χ4v) is 4.57. The Bertz CT molecular complexity index is 1260. The van der Waals surface area contributed by atoms with Crippen LogP contribution >= 0.6 is 11.6 Å². The number of ether oxygens (including phenoxy) is 1. The average Bonchev–Trinajstić information content (AvgIpc) is 3.39. The number of aliphatic hydroxyl groups excluding tert-OH is 1. The van der Waals surface area contributed by atoms with Crippen LogP contribution in [-0.2, 0) is 4.79 Å². The van der Waals surface area contributed by atoms with Crippen LogP contribution in [-0.4, -0.2) is 59.9 Å². The molecule has 1 aliphatic heterocycles. The van der Waals surface area contributed by atoms with Crippen LogP contribution in [0.15, 0.2) is 64.3 Å². The number of furan rings is 1. The number of carbonyl (C=O) groups excluding carboxylic acids is 2. The van der Waals surface area contributed by atoms with E-state index in [0.29, 0.717) is 40.4 Å². The number of nitrogens with zero attached hydrogens (tertiary/aromatic N) is 2. The summed E-state index contributed by atoms with van der Waals surface area (Å²) in [5, 5.41) is 12.0. The number of carbonyl (C=O) groups is 2. The van der Waals surface area contributed by atoms with Crippen molar-refractivity contribution in [3.63, 3.8) is 0 Å². The molecule has 0 radical (unpaired) electrons. The van der Waals surface area contributed by atoms with Gasteiger partial charge in [-0.2, -0.15) is 0 Å². The van der Waals surface area contributed by atoms with E-state index in [0.717, 1.165) is 13.1 Å². The van der Waals surface area contributed by atoms with Crippen molar-refractivity contribution < 1.29 is 23.8 Å². The Balaban J connectivity index is 1.77. The number of fused-ring (bicyclic) bond motifs is 1. The minimum absolute atomic E-state index is 0.0199. The molecule has 0 saturated heterocycles. The Kier molecular flexibility index (Phi) is 6.95. The van der Waals surface area contributed by atoms with E-state index in [9.17, 15) is 14.7 Å². The standard InChI is InChI=1S/C26H27ClN2O5/c1-4-28(5-2)12-13-29-22(16-8-6-10-18(27)14-16)21(24(31)26(29)32)23(30)20-15-17-9-7-11-19(33-3)25(17)34-20/h6-11,14-15,22,31H,4-5,12-13H2,1-3H3/t22-/m0/s1. The third-order valence-electron chi connectivity index (χ3n) is 6.22. The van der Waals surface area contributed by atoms with Crippen molar-refractivity contribution in [3.05, 3.63) is 76.2 Å². The van der Waals surface area contributed by atoms with Gasteiger partial charge >= 0.3 is 0 Å². The molecular weight excluding hydrogens is 456 g/mol. The largest absolute Gasteiger partial charge is 0.503 e. The van der Waals surface area contributed by atoms with E-state index in [1.54, 1.807) is 48.5 Å². The summed E-state index contributed by atoms with van der Waals surface area (Å²) in [4.78, 5) is 30.5. The summed E-state index contributed by atoms with van der Waals surface area (Å²) in [5.74, 6) is -1.20. The predicted octanol–water partition coefficient (Wildman–Crippen LogP) is 5.01. The summed E-state index contributed by atoms with van der Waals surface area (Å²) in [5.41, 5.74) is 1.04. The molecule has 0 fully saturated rings.